The summed E-state index contributed by atoms with van der Waals surface area (Å²) in [7, 11) is 0. The van der Waals surface area contributed by atoms with Gasteiger partial charge in [0, 0.05) is 16.7 Å². The molecule has 0 aliphatic heterocycles. The van der Waals surface area contributed by atoms with Crippen molar-refractivity contribution >= 4 is 0 Å². The Morgan fingerprint density at radius 2 is 0.912 bits per heavy atom. The van der Waals surface area contributed by atoms with Crippen molar-refractivity contribution in [1.82, 2.24) is 9.97 Å². The highest BCUT2D eigenvalue weighted by atomic mass is 14.9. The average molecular weight is 726 g/mol. The molecule has 1 aromatic heterocycles. The van der Waals surface area contributed by atoms with Gasteiger partial charge in [0.25, 0.3) is 0 Å². The molecule has 9 aromatic rings. The molecular weight excluding hydrogens is 691 g/mol. The Balaban J connectivity index is 1.23. The van der Waals surface area contributed by atoms with Gasteiger partial charge in [0.1, 0.15) is 0 Å². The van der Waals surface area contributed by atoms with Crippen LogP contribution in [0.4, 0.5) is 0 Å². The molecule has 0 N–H and O–H groups in total. The van der Waals surface area contributed by atoms with E-state index >= 15 is 0 Å². The minimum absolute atomic E-state index is 0.543. The lowest BCUT2D eigenvalue weighted by Gasteiger charge is -2.34. The van der Waals surface area contributed by atoms with E-state index in [0.29, 0.717) is 11.4 Å². The van der Waals surface area contributed by atoms with E-state index in [1.165, 1.54) is 33.4 Å². The van der Waals surface area contributed by atoms with E-state index in [4.69, 9.17) is 9.97 Å². The molecule has 57 heavy (non-hydrogen) atoms. The van der Waals surface area contributed by atoms with Gasteiger partial charge in [0.05, 0.1) is 28.4 Å². The third kappa shape index (κ3) is 5.75. The zero-order chi connectivity index (χ0) is 38.2. The Morgan fingerprint density at radius 1 is 0.368 bits per heavy atom. The number of nitriles is 1. The van der Waals surface area contributed by atoms with Gasteiger partial charge in [0.15, 0.2) is 5.82 Å². The van der Waals surface area contributed by atoms with Crippen molar-refractivity contribution in [3.05, 3.63) is 240 Å². The van der Waals surface area contributed by atoms with Crippen LogP contribution in [0.25, 0.3) is 67.3 Å². The summed E-state index contributed by atoms with van der Waals surface area (Å²) in [5.41, 5.74) is 16.5. The van der Waals surface area contributed by atoms with Crippen molar-refractivity contribution in [2.24, 2.45) is 0 Å². The highest BCUT2D eigenvalue weighted by molar-refractivity contribution is 6.02. The van der Waals surface area contributed by atoms with Crippen LogP contribution in [-0.2, 0) is 5.41 Å². The first-order valence-corrected chi connectivity index (χ1v) is 19.2. The fourth-order valence-corrected chi connectivity index (χ4v) is 8.70. The summed E-state index contributed by atoms with van der Waals surface area (Å²) in [4.78, 5) is 10.2. The summed E-state index contributed by atoms with van der Waals surface area (Å²) in [6.07, 6.45) is 0. The number of hydrogen-bond donors (Lipinski definition) is 0. The van der Waals surface area contributed by atoms with Crippen molar-refractivity contribution in [2.75, 3.05) is 0 Å². The fraction of sp³-hybridized carbons (Fsp3) is 0.0185. The zero-order valence-corrected chi connectivity index (χ0v) is 31.0. The van der Waals surface area contributed by atoms with Crippen molar-refractivity contribution in [1.29, 1.82) is 5.26 Å². The maximum atomic E-state index is 9.80. The molecular formula is C54H35N3. The summed E-state index contributed by atoms with van der Waals surface area (Å²) in [5, 5.41) is 9.80. The maximum Gasteiger partial charge on any atom is 0.160 e. The Labute approximate surface area is 332 Å². The van der Waals surface area contributed by atoms with Gasteiger partial charge in [-0.05, 0) is 79.9 Å². The van der Waals surface area contributed by atoms with Crippen LogP contribution in [0, 0.1) is 11.3 Å². The molecule has 0 saturated heterocycles. The Kier molecular flexibility index (Phi) is 8.43. The van der Waals surface area contributed by atoms with Gasteiger partial charge in [-0.25, -0.2) is 9.97 Å². The fourth-order valence-electron chi connectivity index (χ4n) is 8.70. The minimum atomic E-state index is -0.543. The molecule has 0 bridgehead atoms. The second-order valence-electron chi connectivity index (χ2n) is 14.4. The molecule has 1 aliphatic carbocycles. The average Bonchev–Trinajstić information content (AvgIpc) is 3.61. The van der Waals surface area contributed by atoms with E-state index in [2.05, 4.69) is 170 Å². The van der Waals surface area contributed by atoms with E-state index in [1.54, 1.807) is 0 Å². The van der Waals surface area contributed by atoms with Crippen molar-refractivity contribution < 1.29 is 0 Å². The molecule has 0 radical (unpaired) electrons. The summed E-state index contributed by atoms with van der Waals surface area (Å²) in [5.74, 6) is 0.683. The highest BCUT2D eigenvalue weighted by Crippen LogP contribution is 2.59. The number of rotatable bonds is 7. The van der Waals surface area contributed by atoms with Crippen molar-refractivity contribution in [2.45, 2.75) is 5.41 Å². The molecule has 0 spiro atoms. The SMILES string of the molecule is N#Cc1ccc(-c2c(-c3cccc(-c4cc(-c5ccccc5)nc(-c5ccccc5)n4)c3)ccc3c2-c2ccccc2C3(c2ccccc2)c2ccccc2)cc1. The summed E-state index contributed by atoms with van der Waals surface area (Å²) in [6.45, 7) is 0. The number of benzene rings is 8. The van der Waals surface area contributed by atoms with Gasteiger partial charge in [-0.15, -0.1) is 0 Å². The van der Waals surface area contributed by atoms with Gasteiger partial charge in [-0.1, -0.05) is 188 Å². The van der Waals surface area contributed by atoms with E-state index in [9.17, 15) is 5.26 Å². The van der Waals surface area contributed by atoms with Gasteiger partial charge in [-0.3, -0.25) is 0 Å². The Morgan fingerprint density at radius 3 is 1.56 bits per heavy atom. The quantitative estimate of drug-likeness (QED) is 0.164. The van der Waals surface area contributed by atoms with Crippen LogP contribution < -0.4 is 0 Å². The molecule has 10 rings (SSSR count). The topological polar surface area (TPSA) is 49.6 Å². The van der Waals surface area contributed by atoms with Gasteiger partial charge in [-0.2, -0.15) is 5.26 Å². The van der Waals surface area contributed by atoms with Crippen LogP contribution in [0.1, 0.15) is 27.8 Å². The predicted octanol–water partition coefficient (Wildman–Crippen LogP) is 13.0. The third-order valence-corrected chi connectivity index (χ3v) is 11.2. The molecule has 266 valence electrons. The molecule has 0 saturated carbocycles. The largest absolute Gasteiger partial charge is 0.228 e. The highest BCUT2D eigenvalue weighted by Gasteiger charge is 2.47. The van der Waals surface area contributed by atoms with Crippen LogP contribution in [0.3, 0.4) is 0 Å². The first-order chi connectivity index (χ1) is 28.2. The molecule has 0 atom stereocenters. The molecule has 1 heterocycles. The third-order valence-electron chi connectivity index (χ3n) is 11.2. The molecule has 0 unspecified atom stereocenters. The smallest absolute Gasteiger partial charge is 0.160 e. The first kappa shape index (κ1) is 33.9. The second-order valence-corrected chi connectivity index (χ2v) is 14.4. The summed E-state index contributed by atoms with van der Waals surface area (Å²) >= 11 is 0. The van der Waals surface area contributed by atoms with Crippen LogP contribution in [-0.4, -0.2) is 9.97 Å². The maximum absolute atomic E-state index is 9.80. The molecule has 3 heteroatoms. The summed E-state index contributed by atoms with van der Waals surface area (Å²) < 4.78 is 0. The number of aromatic nitrogens is 2. The van der Waals surface area contributed by atoms with Gasteiger partial charge >= 0.3 is 0 Å². The van der Waals surface area contributed by atoms with Crippen LogP contribution in [0.5, 0.6) is 0 Å². The number of nitrogens with zero attached hydrogens (tertiary/aromatic N) is 3. The molecule has 0 fully saturated rings. The lowest BCUT2D eigenvalue weighted by Crippen LogP contribution is -2.28. The number of fused-ring (bicyclic) bond motifs is 3. The van der Waals surface area contributed by atoms with E-state index < -0.39 is 5.41 Å². The first-order valence-electron chi connectivity index (χ1n) is 19.2. The van der Waals surface area contributed by atoms with Crippen molar-refractivity contribution in [3.8, 4) is 73.4 Å². The second kappa shape index (κ2) is 14.2. The van der Waals surface area contributed by atoms with E-state index in [0.717, 1.165) is 50.3 Å². The normalized spacial score (nSPS) is 12.3. The Bertz CT molecular complexity index is 2830. The van der Waals surface area contributed by atoms with Gasteiger partial charge < -0.3 is 0 Å². The molecule has 1 aliphatic rings. The van der Waals surface area contributed by atoms with E-state index in [1.807, 2.05) is 48.5 Å². The standard InChI is InChI=1S/C54H35N3/c55-36-37-28-30-39(31-29-37)51-45(32-33-48-52(51)46-26-13-14-27-47(46)54(48,43-22-9-3-10-23-43)44-24-11-4-12-25-44)41-20-15-21-42(34-41)50-35-49(38-16-5-1-6-17-38)56-53(57-50)40-18-7-2-8-19-40/h1-35H. The van der Waals surface area contributed by atoms with Crippen LogP contribution in [0.15, 0.2) is 212 Å². The molecule has 0 amide bonds. The number of hydrogen-bond acceptors (Lipinski definition) is 3. The van der Waals surface area contributed by atoms with E-state index in [-0.39, 0.29) is 0 Å². The monoisotopic (exact) mass is 725 g/mol. The molecule has 3 nitrogen and oxygen atoms in total. The lowest BCUT2D eigenvalue weighted by atomic mass is 9.67. The van der Waals surface area contributed by atoms with Crippen LogP contribution in [0.2, 0.25) is 0 Å². The predicted molar refractivity (Wildman–Crippen MR) is 231 cm³/mol. The van der Waals surface area contributed by atoms with Gasteiger partial charge in [0.2, 0.25) is 0 Å². The zero-order valence-electron chi connectivity index (χ0n) is 31.0. The molecule has 8 aromatic carbocycles. The van der Waals surface area contributed by atoms with Crippen molar-refractivity contribution in [3.63, 3.8) is 0 Å². The summed E-state index contributed by atoms with van der Waals surface area (Å²) in [6, 6.07) is 76.9. The van der Waals surface area contributed by atoms with Crippen LogP contribution >= 0.6 is 0 Å². The Hall–Kier alpha value is -7.67. The lowest BCUT2D eigenvalue weighted by molar-refractivity contribution is 0.768. The minimum Gasteiger partial charge on any atom is -0.228 e.